The van der Waals surface area contributed by atoms with Crippen LogP contribution < -0.4 is 5.73 Å². The second-order valence-electron chi connectivity index (χ2n) is 3.86. The van der Waals surface area contributed by atoms with Gasteiger partial charge < -0.3 is 10.2 Å². The molecule has 2 aromatic heterocycles. The molecule has 2 heterocycles. The molecule has 86 valence electrons. The average molecular weight is 331 g/mol. The maximum Gasteiger partial charge on any atom is 0.135 e. The fourth-order valence-corrected chi connectivity index (χ4v) is 2.04. The molecule has 0 radical (unpaired) electrons. The van der Waals surface area contributed by atoms with Crippen LogP contribution in [0.15, 0.2) is 22.8 Å². The number of nitrogens with zero attached hydrogens (tertiary/aromatic N) is 2. The Morgan fingerprint density at radius 3 is 2.88 bits per heavy atom. The van der Waals surface area contributed by atoms with E-state index in [9.17, 15) is 0 Å². The Bertz CT molecular complexity index is 476. The number of hydrogen-bond acceptors (Lipinski definition) is 3. The Labute approximate surface area is 108 Å². The first-order valence-electron chi connectivity index (χ1n) is 5.12. The lowest BCUT2D eigenvalue weighted by Gasteiger charge is -2.12. The number of hydrogen-bond donors (Lipinski definition) is 1. The summed E-state index contributed by atoms with van der Waals surface area (Å²) < 4.78 is 8.21. The van der Waals surface area contributed by atoms with Gasteiger partial charge in [0.05, 0.1) is 21.6 Å². The number of anilines is 1. The van der Waals surface area contributed by atoms with Crippen LogP contribution in [-0.4, -0.2) is 9.78 Å². The summed E-state index contributed by atoms with van der Waals surface area (Å²) in [7, 11) is 0. The summed E-state index contributed by atoms with van der Waals surface area (Å²) in [4.78, 5) is 0. The standard InChI is InChI=1S/C11H14IN3O/c1-7(6-9-4-3-5-16-9)15-11(13)10(12)8(2)14-15/h3-5,7H,6,13H2,1-2H3. The van der Waals surface area contributed by atoms with Gasteiger partial charge in [0.15, 0.2) is 0 Å². The minimum absolute atomic E-state index is 0.202. The van der Waals surface area contributed by atoms with Gasteiger partial charge in [0, 0.05) is 6.42 Å². The second-order valence-corrected chi connectivity index (χ2v) is 4.94. The number of furan rings is 1. The van der Waals surface area contributed by atoms with Crippen molar-refractivity contribution in [3.8, 4) is 0 Å². The highest BCUT2D eigenvalue weighted by atomic mass is 127. The van der Waals surface area contributed by atoms with Crippen molar-refractivity contribution in [3.63, 3.8) is 0 Å². The van der Waals surface area contributed by atoms with Crippen molar-refractivity contribution in [1.82, 2.24) is 9.78 Å². The van der Waals surface area contributed by atoms with Gasteiger partial charge >= 0.3 is 0 Å². The van der Waals surface area contributed by atoms with Crippen LogP contribution in [-0.2, 0) is 6.42 Å². The van der Waals surface area contributed by atoms with E-state index in [2.05, 4.69) is 34.6 Å². The summed E-state index contributed by atoms with van der Waals surface area (Å²) in [6.45, 7) is 4.05. The van der Waals surface area contributed by atoms with Crippen LogP contribution >= 0.6 is 22.6 Å². The third-order valence-corrected chi connectivity index (χ3v) is 3.87. The van der Waals surface area contributed by atoms with Crippen LogP contribution in [0.5, 0.6) is 0 Å². The van der Waals surface area contributed by atoms with E-state index in [4.69, 9.17) is 10.2 Å². The molecule has 0 saturated carbocycles. The van der Waals surface area contributed by atoms with Crippen LogP contribution in [0.3, 0.4) is 0 Å². The Kier molecular flexibility index (Phi) is 3.22. The fourth-order valence-electron chi connectivity index (χ4n) is 1.69. The monoisotopic (exact) mass is 331 g/mol. The number of nitrogen functional groups attached to an aromatic ring is 1. The number of halogens is 1. The first-order valence-corrected chi connectivity index (χ1v) is 6.20. The van der Waals surface area contributed by atoms with Gasteiger partial charge in [-0.1, -0.05) is 0 Å². The molecule has 0 aliphatic carbocycles. The van der Waals surface area contributed by atoms with Crippen molar-refractivity contribution >= 4 is 28.4 Å². The number of aryl methyl sites for hydroxylation is 1. The lowest BCUT2D eigenvalue weighted by molar-refractivity contribution is 0.428. The summed E-state index contributed by atoms with van der Waals surface area (Å²) in [6, 6.07) is 4.06. The topological polar surface area (TPSA) is 57.0 Å². The van der Waals surface area contributed by atoms with Gasteiger partial charge in [-0.15, -0.1) is 0 Å². The summed E-state index contributed by atoms with van der Waals surface area (Å²) >= 11 is 2.22. The van der Waals surface area contributed by atoms with Gasteiger partial charge in [-0.2, -0.15) is 5.10 Å². The number of nitrogens with two attached hydrogens (primary N) is 1. The normalized spacial score (nSPS) is 12.9. The Morgan fingerprint density at radius 1 is 1.62 bits per heavy atom. The van der Waals surface area contributed by atoms with E-state index < -0.39 is 0 Å². The van der Waals surface area contributed by atoms with Gasteiger partial charge in [0.1, 0.15) is 11.6 Å². The van der Waals surface area contributed by atoms with E-state index in [0.717, 1.165) is 27.3 Å². The zero-order valence-electron chi connectivity index (χ0n) is 9.27. The number of rotatable bonds is 3. The smallest absolute Gasteiger partial charge is 0.135 e. The van der Waals surface area contributed by atoms with E-state index in [1.165, 1.54) is 0 Å². The zero-order chi connectivity index (χ0) is 11.7. The highest BCUT2D eigenvalue weighted by molar-refractivity contribution is 14.1. The number of aromatic nitrogens is 2. The molecule has 2 rings (SSSR count). The average Bonchev–Trinajstić information content (AvgIpc) is 2.83. The third-order valence-electron chi connectivity index (χ3n) is 2.54. The van der Waals surface area contributed by atoms with Crippen molar-refractivity contribution in [2.45, 2.75) is 26.3 Å². The summed E-state index contributed by atoms with van der Waals surface area (Å²) in [5.74, 6) is 1.69. The minimum atomic E-state index is 0.202. The Balaban J connectivity index is 2.21. The summed E-state index contributed by atoms with van der Waals surface area (Å²) in [5, 5.41) is 4.43. The second kappa shape index (κ2) is 4.48. The molecule has 0 aliphatic rings. The fraction of sp³-hybridized carbons (Fsp3) is 0.364. The highest BCUT2D eigenvalue weighted by Crippen LogP contribution is 2.23. The predicted molar refractivity (Wildman–Crippen MR) is 71.2 cm³/mol. The van der Waals surface area contributed by atoms with Crippen LogP contribution in [0, 0.1) is 10.5 Å². The minimum Gasteiger partial charge on any atom is -0.469 e. The van der Waals surface area contributed by atoms with Crippen molar-refractivity contribution in [2.75, 3.05) is 5.73 Å². The molecule has 0 bridgehead atoms. The van der Waals surface area contributed by atoms with E-state index in [-0.39, 0.29) is 6.04 Å². The molecule has 0 spiro atoms. The largest absolute Gasteiger partial charge is 0.469 e. The highest BCUT2D eigenvalue weighted by Gasteiger charge is 2.15. The van der Waals surface area contributed by atoms with E-state index in [1.807, 2.05) is 23.7 Å². The Morgan fingerprint density at radius 2 is 2.38 bits per heavy atom. The van der Waals surface area contributed by atoms with Crippen LogP contribution in [0.25, 0.3) is 0 Å². The molecule has 16 heavy (non-hydrogen) atoms. The van der Waals surface area contributed by atoms with E-state index in [1.54, 1.807) is 6.26 Å². The van der Waals surface area contributed by atoms with E-state index >= 15 is 0 Å². The molecule has 0 aliphatic heterocycles. The van der Waals surface area contributed by atoms with Gasteiger partial charge in [0.25, 0.3) is 0 Å². The van der Waals surface area contributed by atoms with Gasteiger partial charge in [-0.3, -0.25) is 0 Å². The molecular formula is C11H14IN3O. The molecule has 0 fully saturated rings. The first kappa shape index (κ1) is 11.5. The van der Waals surface area contributed by atoms with Crippen molar-refractivity contribution in [2.24, 2.45) is 0 Å². The lowest BCUT2D eigenvalue weighted by Crippen LogP contribution is -2.12. The molecule has 0 amide bonds. The molecule has 4 nitrogen and oxygen atoms in total. The maximum atomic E-state index is 6.00. The van der Waals surface area contributed by atoms with Gasteiger partial charge in [0.2, 0.25) is 0 Å². The maximum absolute atomic E-state index is 6.00. The van der Waals surface area contributed by atoms with Crippen LogP contribution in [0.4, 0.5) is 5.82 Å². The SMILES string of the molecule is Cc1nn(C(C)Cc2ccco2)c(N)c1I. The lowest BCUT2D eigenvalue weighted by atomic mass is 10.2. The first-order chi connectivity index (χ1) is 7.59. The molecular weight excluding hydrogens is 317 g/mol. The van der Waals surface area contributed by atoms with Crippen molar-refractivity contribution in [1.29, 1.82) is 0 Å². The van der Waals surface area contributed by atoms with Gasteiger partial charge in [-0.25, -0.2) is 4.68 Å². The molecule has 5 heteroatoms. The zero-order valence-corrected chi connectivity index (χ0v) is 11.4. The molecule has 0 aromatic carbocycles. The van der Waals surface area contributed by atoms with Crippen LogP contribution in [0.1, 0.15) is 24.4 Å². The van der Waals surface area contributed by atoms with Gasteiger partial charge in [-0.05, 0) is 48.6 Å². The van der Waals surface area contributed by atoms with Crippen molar-refractivity contribution < 1.29 is 4.42 Å². The molecule has 2 N–H and O–H groups in total. The third kappa shape index (κ3) is 2.09. The Hall–Kier alpha value is -0.980. The molecule has 1 atom stereocenters. The summed E-state index contributed by atoms with van der Waals surface area (Å²) in [6.07, 6.45) is 2.48. The van der Waals surface area contributed by atoms with Crippen LogP contribution in [0.2, 0.25) is 0 Å². The summed E-state index contributed by atoms with van der Waals surface area (Å²) in [5.41, 5.74) is 6.97. The van der Waals surface area contributed by atoms with Crippen molar-refractivity contribution in [3.05, 3.63) is 33.4 Å². The predicted octanol–water partition coefficient (Wildman–Crippen LogP) is 2.78. The molecule has 2 aromatic rings. The molecule has 0 saturated heterocycles. The quantitative estimate of drug-likeness (QED) is 0.880. The van der Waals surface area contributed by atoms with E-state index in [0.29, 0.717) is 0 Å². The molecule has 1 unspecified atom stereocenters.